The number of hydrogen-bond acceptors (Lipinski definition) is 7. The molecule has 1 N–H and O–H groups in total. The molecule has 162 valence electrons. The lowest BCUT2D eigenvalue weighted by Crippen LogP contribution is -2.14. The van der Waals surface area contributed by atoms with E-state index in [1.54, 1.807) is 0 Å². The number of benzene rings is 2. The van der Waals surface area contributed by atoms with E-state index in [9.17, 15) is 22.6 Å². The molecule has 1 aliphatic heterocycles. The van der Waals surface area contributed by atoms with Crippen LogP contribution >= 0.6 is 11.6 Å². The molecule has 0 amide bonds. The highest BCUT2D eigenvalue weighted by molar-refractivity contribution is 7.85. The molecule has 0 spiro atoms. The summed E-state index contributed by atoms with van der Waals surface area (Å²) in [6.45, 7) is 2.12. The molecule has 0 saturated carbocycles. The quantitative estimate of drug-likeness (QED) is 0.338. The van der Waals surface area contributed by atoms with Crippen molar-refractivity contribution in [2.75, 3.05) is 6.61 Å². The van der Waals surface area contributed by atoms with E-state index >= 15 is 0 Å². The van der Waals surface area contributed by atoms with Crippen LogP contribution in [0.3, 0.4) is 0 Å². The van der Waals surface area contributed by atoms with Gasteiger partial charge in [-0.1, -0.05) is 31.0 Å². The number of hydrogen-bond donors (Lipinski definition) is 1. The van der Waals surface area contributed by atoms with Crippen LogP contribution in [0.5, 0.6) is 5.75 Å². The number of carbonyl (C=O) groups is 1. The molecule has 10 heteroatoms. The standard InChI is InChI=1S/C21H17ClO8S/c1-2-3-6-28-21(24)17-9-16(23)18-19-14(8-15(22)20(18)30-17)13-5-4-12(31(25,26)27)7-11(13)10-29-19/h4-5,7-9H,2-3,6,10H2,1H3,(H,25,26,27). The van der Waals surface area contributed by atoms with Gasteiger partial charge in [-0.2, -0.15) is 8.42 Å². The molecular formula is C21H17ClO8S. The molecule has 1 aromatic heterocycles. The summed E-state index contributed by atoms with van der Waals surface area (Å²) >= 11 is 6.36. The Hall–Kier alpha value is -2.88. The summed E-state index contributed by atoms with van der Waals surface area (Å²) < 4.78 is 48.5. The van der Waals surface area contributed by atoms with Crippen molar-refractivity contribution in [3.8, 4) is 16.9 Å². The van der Waals surface area contributed by atoms with Crippen molar-refractivity contribution in [1.29, 1.82) is 0 Å². The molecule has 2 heterocycles. The Morgan fingerprint density at radius 2 is 2.00 bits per heavy atom. The van der Waals surface area contributed by atoms with Gasteiger partial charge in [-0.05, 0) is 35.7 Å². The van der Waals surface area contributed by atoms with Gasteiger partial charge in [-0.15, -0.1) is 0 Å². The maximum absolute atomic E-state index is 12.8. The molecule has 0 unspecified atom stereocenters. The number of halogens is 1. The summed E-state index contributed by atoms with van der Waals surface area (Å²) in [6.07, 6.45) is 1.53. The SMILES string of the molecule is CCCCOC(=O)c1cc(=O)c2c3c(cc(Cl)c2o1)-c1ccc(S(=O)(=O)O)cc1CO3. The summed E-state index contributed by atoms with van der Waals surface area (Å²) in [5, 5.41) is 0.140. The van der Waals surface area contributed by atoms with Crippen molar-refractivity contribution in [1.82, 2.24) is 0 Å². The smallest absolute Gasteiger partial charge is 0.374 e. The number of ether oxygens (including phenoxy) is 2. The van der Waals surface area contributed by atoms with Gasteiger partial charge in [0.15, 0.2) is 11.0 Å². The van der Waals surface area contributed by atoms with Crippen molar-refractivity contribution in [2.24, 2.45) is 0 Å². The Bertz CT molecular complexity index is 1370. The predicted molar refractivity (Wildman–Crippen MR) is 112 cm³/mol. The van der Waals surface area contributed by atoms with Crippen LogP contribution in [0, 0.1) is 0 Å². The lowest BCUT2D eigenvalue weighted by Gasteiger charge is -2.22. The van der Waals surface area contributed by atoms with Crippen LogP contribution < -0.4 is 10.2 Å². The second kappa shape index (κ2) is 7.99. The Morgan fingerprint density at radius 3 is 2.71 bits per heavy atom. The van der Waals surface area contributed by atoms with E-state index in [-0.39, 0.29) is 45.6 Å². The average Bonchev–Trinajstić information content (AvgIpc) is 2.72. The number of carbonyl (C=O) groups excluding carboxylic acids is 1. The average molecular weight is 465 g/mol. The molecule has 0 fully saturated rings. The van der Waals surface area contributed by atoms with Gasteiger partial charge in [-0.3, -0.25) is 9.35 Å². The molecule has 8 nitrogen and oxygen atoms in total. The number of rotatable bonds is 5. The number of esters is 1. The van der Waals surface area contributed by atoms with Crippen molar-refractivity contribution in [3.63, 3.8) is 0 Å². The summed E-state index contributed by atoms with van der Waals surface area (Å²) in [7, 11) is -4.38. The second-order valence-electron chi connectivity index (χ2n) is 6.99. The third-order valence-electron chi connectivity index (χ3n) is 4.88. The van der Waals surface area contributed by atoms with Crippen LogP contribution in [-0.2, 0) is 21.5 Å². The number of fused-ring (bicyclic) bond motifs is 5. The van der Waals surface area contributed by atoms with Crippen molar-refractivity contribution < 1.29 is 31.7 Å². The summed E-state index contributed by atoms with van der Waals surface area (Å²) in [5.41, 5.74) is 1.03. The molecule has 0 bridgehead atoms. The number of unbranched alkanes of at least 4 members (excludes halogenated alkanes) is 1. The normalized spacial score (nSPS) is 12.7. The Balaban J connectivity index is 1.84. The van der Waals surface area contributed by atoms with E-state index in [0.29, 0.717) is 23.1 Å². The minimum atomic E-state index is -4.38. The lowest BCUT2D eigenvalue weighted by atomic mass is 9.95. The van der Waals surface area contributed by atoms with Crippen LogP contribution in [0.1, 0.15) is 35.9 Å². The monoisotopic (exact) mass is 464 g/mol. The van der Waals surface area contributed by atoms with Crippen molar-refractivity contribution in [2.45, 2.75) is 31.3 Å². The minimum absolute atomic E-state index is 0.00614. The van der Waals surface area contributed by atoms with Gasteiger partial charge in [0.1, 0.15) is 17.7 Å². The molecule has 2 aromatic carbocycles. The first kappa shape index (κ1) is 21.4. The van der Waals surface area contributed by atoms with Gasteiger partial charge in [0.25, 0.3) is 10.1 Å². The molecule has 0 aliphatic carbocycles. The predicted octanol–water partition coefficient (Wildman–Crippen LogP) is 4.21. The fourth-order valence-corrected chi connectivity index (χ4v) is 4.14. The summed E-state index contributed by atoms with van der Waals surface area (Å²) in [6, 6.07) is 6.60. The molecular weight excluding hydrogens is 448 g/mol. The first-order valence-electron chi connectivity index (χ1n) is 9.41. The van der Waals surface area contributed by atoms with Crippen LogP contribution in [0.2, 0.25) is 5.02 Å². The van der Waals surface area contributed by atoms with Gasteiger partial charge < -0.3 is 13.9 Å². The van der Waals surface area contributed by atoms with E-state index in [0.717, 1.165) is 12.5 Å². The Labute approximate surface area is 182 Å². The van der Waals surface area contributed by atoms with Gasteiger partial charge in [-0.25, -0.2) is 4.79 Å². The van der Waals surface area contributed by atoms with Crippen LogP contribution in [0.4, 0.5) is 0 Å². The third kappa shape index (κ3) is 3.91. The van der Waals surface area contributed by atoms with Crippen LogP contribution in [-0.4, -0.2) is 25.5 Å². The summed E-state index contributed by atoms with van der Waals surface area (Å²) in [4.78, 5) is 24.8. The maximum Gasteiger partial charge on any atom is 0.374 e. The largest absolute Gasteiger partial charge is 0.487 e. The zero-order valence-electron chi connectivity index (χ0n) is 16.3. The molecule has 3 aromatic rings. The van der Waals surface area contributed by atoms with E-state index in [2.05, 4.69) is 0 Å². The molecule has 31 heavy (non-hydrogen) atoms. The van der Waals surface area contributed by atoms with E-state index in [1.165, 1.54) is 24.3 Å². The highest BCUT2D eigenvalue weighted by atomic mass is 35.5. The highest BCUT2D eigenvalue weighted by Gasteiger charge is 2.26. The molecule has 0 saturated heterocycles. The molecule has 4 rings (SSSR count). The maximum atomic E-state index is 12.8. The fraction of sp³-hybridized carbons (Fsp3) is 0.238. The van der Waals surface area contributed by atoms with Crippen molar-refractivity contribution in [3.05, 3.63) is 56.9 Å². The summed E-state index contributed by atoms with van der Waals surface area (Å²) in [5.74, 6) is -0.805. The minimum Gasteiger partial charge on any atom is -0.487 e. The van der Waals surface area contributed by atoms with Crippen molar-refractivity contribution >= 4 is 38.7 Å². The lowest BCUT2D eigenvalue weighted by molar-refractivity contribution is 0.0464. The topological polar surface area (TPSA) is 120 Å². The van der Waals surface area contributed by atoms with E-state index in [4.69, 9.17) is 25.5 Å². The van der Waals surface area contributed by atoms with Crippen LogP contribution in [0.25, 0.3) is 22.1 Å². The van der Waals surface area contributed by atoms with Gasteiger partial charge in [0.05, 0.1) is 16.5 Å². The third-order valence-corrected chi connectivity index (χ3v) is 6.01. The zero-order chi connectivity index (χ0) is 22.3. The highest BCUT2D eigenvalue weighted by Crippen LogP contribution is 2.44. The molecule has 0 atom stereocenters. The molecule has 0 radical (unpaired) electrons. The van der Waals surface area contributed by atoms with Gasteiger partial charge in [0, 0.05) is 11.6 Å². The fourth-order valence-electron chi connectivity index (χ4n) is 3.36. The second-order valence-corrected chi connectivity index (χ2v) is 8.82. The van der Waals surface area contributed by atoms with Gasteiger partial charge >= 0.3 is 5.97 Å². The zero-order valence-corrected chi connectivity index (χ0v) is 17.9. The van der Waals surface area contributed by atoms with E-state index < -0.39 is 21.5 Å². The Kier molecular flexibility index (Phi) is 5.50. The van der Waals surface area contributed by atoms with Crippen LogP contribution in [0.15, 0.2) is 44.4 Å². The molecule has 1 aliphatic rings. The van der Waals surface area contributed by atoms with E-state index in [1.807, 2.05) is 6.92 Å². The first-order chi connectivity index (χ1) is 14.7. The van der Waals surface area contributed by atoms with Gasteiger partial charge in [0.2, 0.25) is 5.76 Å². The Morgan fingerprint density at radius 1 is 1.23 bits per heavy atom. The first-order valence-corrected chi connectivity index (χ1v) is 11.2.